The molecule has 3 N–H and O–H groups in total. The lowest BCUT2D eigenvalue weighted by Crippen LogP contribution is -2.53. The Morgan fingerprint density at radius 3 is 2.38 bits per heavy atom. The first-order chi connectivity index (χ1) is 9.89. The van der Waals surface area contributed by atoms with Crippen molar-refractivity contribution in [3.05, 3.63) is 0 Å². The molecule has 122 valence electrons. The number of ether oxygens (including phenoxy) is 1. The number of nitrogens with one attached hydrogen (secondary N) is 2. The van der Waals surface area contributed by atoms with Gasteiger partial charge in [0.15, 0.2) is 0 Å². The highest BCUT2D eigenvalue weighted by Gasteiger charge is 2.36. The number of carbonyl (C=O) groups excluding carboxylic acids is 1. The van der Waals surface area contributed by atoms with Gasteiger partial charge in [-0.3, -0.25) is 4.79 Å². The number of carboxylic acids is 1. The molecule has 1 atom stereocenters. The van der Waals surface area contributed by atoms with Crippen molar-refractivity contribution in [2.24, 2.45) is 0 Å². The molecule has 1 rings (SSSR count). The van der Waals surface area contributed by atoms with Gasteiger partial charge in [0.05, 0.1) is 12.5 Å². The molecule has 7 nitrogen and oxygen atoms in total. The molecule has 0 spiro atoms. The van der Waals surface area contributed by atoms with E-state index in [1.165, 1.54) is 20.0 Å². The molecule has 0 saturated heterocycles. The number of carbonyl (C=O) groups is 2. The van der Waals surface area contributed by atoms with Gasteiger partial charge in [-0.1, -0.05) is 12.8 Å². The summed E-state index contributed by atoms with van der Waals surface area (Å²) in [6, 6.07) is -0.282. The first-order valence-electron chi connectivity index (χ1n) is 7.33. The Bertz CT molecular complexity index is 354. The number of urea groups is 1. The Labute approximate surface area is 126 Å². The maximum Gasteiger partial charge on any atom is 0.314 e. The lowest BCUT2D eigenvalue weighted by Gasteiger charge is -2.36. The lowest BCUT2D eigenvalue weighted by atomic mass is 9.96. The number of methoxy groups -OCH3 is 1. The fourth-order valence-corrected chi connectivity index (χ4v) is 2.76. The summed E-state index contributed by atoms with van der Waals surface area (Å²) in [5.74, 6) is -0.943. The number of hydrogen-bond acceptors (Lipinski definition) is 4. The van der Waals surface area contributed by atoms with E-state index in [9.17, 15) is 9.59 Å². The molecule has 7 heteroatoms. The number of nitrogens with zero attached hydrogens (tertiary/aromatic N) is 1. The summed E-state index contributed by atoms with van der Waals surface area (Å²) in [5.41, 5.74) is 0.0407. The summed E-state index contributed by atoms with van der Waals surface area (Å²) in [6.07, 6.45) is 3.90. The Morgan fingerprint density at radius 2 is 1.90 bits per heavy atom. The average Bonchev–Trinajstić information content (AvgIpc) is 2.91. The fraction of sp³-hybridized carbons (Fsp3) is 0.857. The van der Waals surface area contributed by atoms with Crippen LogP contribution in [0.2, 0.25) is 0 Å². The third-order valence-electron chi connectivity index (χ3n) is 4.29. The van der Waals surface area contributed by atoms with Crippen LogP contribution >= 0.6 is 0 Å². The first kappa shape index (κ1) is 17.7. The van der Waals surface area contributed by atoms with Crippen LogP contribution in [0.15, 0.2) is 0 Å². The van der Waals surface area contributed by atoms with E-state index in [0.717, 1.165) is 12.8 Å². The molecule has 1 unspecified atom stereocenters. The van der Waals surface area contributed by atoms with Crippen molar-refractivity contribution < 1.29 is 19.4 Å². The van der Waals surface area contributed by atoms with Crippen LogP contribution < -0.4 is 10.6 Å². The standard InChI is InChI=1S/C14H27N3O4/c1-17(2)14(6-4-5-7-14)10-16-13(20)15-9-11(21-3)8-12(18)19/h11H,4-10H2,1-3H3,(H,18,19)(H2,15,16,20). The molecule has 1 saturated carbocycles. The van der Waals surface area contributed by atoms with E-state index >= 15 is 0 Å². The summed E-state index contributed by atoms with van der Waals surface area (Å²) in [6.45, 7) is 0.784. The maximum absolute atomic E-state index is 11.8. The van der Waals surface area contributed by atoms with Crippen LogP contribution in [-0.2, 0) is 9.53 Å². The van der Waals surface area contributed by atoms with Crippen molar-refractivity contribution in [2.75, 3.05) is 34.3 Å². The van der Waals surface area contributed by atoms with Gasteiger partial charge in [0, 0.05) is 25.7 Å². The van der Waals surface area contributed by atoms with Gasteiger partial charge in [0.25, 0.3) is 0 Å². The van der Waals surface area contributed by atoms with E-state index in [4.69, 9.17) is 9.84 Å². The highest BCUT2D eigenvalue weighted by Crippen LogP contribution is 2.32. The van der Waals surface area contributed by atoms with Crippen LogP contribution in [0, 0.1) is 0 Å². The highest BCUT2D eigenvalue weighted by molar-refractivity contribution is 5.74. The molecule has 0 aromatic rings. The van der Waals surface area contributed by atoms with Crippen molar-refractivity contribution in [1.82, 2.24) is 15.5 Å². The minimum atomic E-state index is -0.943. The molecule has 0 aromatic heterocycles. The van der Waals surface area contributed by atoms with Gasteiger partial charge in [-0.2, -0.15) is 0 Å². The molecular weight excluding hydrogens is 274 g/mol. The van der Waals surface area contributed by atoms with Crippen LogP contribution in [0.4, 0.5) is 4.79 Å². The Kier molecular flexibility index (Phi) is 6.91. The number of likely N-dealkylation sites (N-methyl/N-ethyl adjacent to an activating group) is 1. The van der Waals surface area contributed by atoms with Gasteiger partial charge < -0.3 is 25.4 Å². The zero-order valence-corrected chi connectivity index (χ0v) is 13.1. The van der Waals surface area contributed by atoms with E-state index in [-0.39, 0.29) is 24.5 Å². The third kappa shape index (κ3) is 5.51. The molecule has 0 heterocycles. The predicted octanol–water partition coefficient (Wildman–Crippen LogP) is 0.650. The molecule has 2 amide bonds. The molecule has 0 aliphatic heterocycles. The number of amides is 2. The first-order valence-corrected chi connectivity index (χ1v) is 7.33. The Hall–Kier alpha value is -1.34. The minimum Gasteiger partial charge on any atom is -0.481 e. The summed E-state index contributed by atoms with van der Waals surface area (Å²) in [5, 5.41) is 14.3. The van der Waals surface area contributed by atoms with Gasteiger partial charge in [-0.25, -0.2) is 4.79 Å². The van der Waals surface area contributed by atoms with E-state index in [1.54, 1.807) is 0 Å². The van der Waals surface area contributed by atoms with Crippen LogP contribution in [-0.4, -0.2) is 67.9 Å². The number of hydrogen-bond donors (Lipinski definition) is 3. The third-order valence-corrected chi connectivity index (χ3v) is 4.29. The molecule has 1 aliphatic rings. The monoisotopic (exact) mass is 301 g/mol. The van der Waals surface area contributed by atoms with Gasteiger partial charge in [-0.15, -0.1) is 0 Å². The average molecular weight is 301 g/mol. The molecule has 0 radical (unpaired) electrons. The Balaban J connectivity index is 2.34. The van der Waals surface area contributed by atoms with Gasteiger partial charge in [0.2, 0.25) is 0 Å². The lowest BCUT2D eigenvalue weighted by molar-refractivity contribution is -0.139. The summed E-state index contributed by atoms with van der Waals surface area (Å²) in [7, 11) is 5.52. The maximum atomic E-state index is 11.8. The summed E-state index contributed by atoms with van der Waals surface area (Å²) >= 11 is 0. The largest absolute Gasteiger partial charge is 0.481 e. The van der Waals surface area contributed by atoms with Gasteiger partial charge in [-0.05, 0) is 26.9 Å². The predicted molar refractivity (Wildman–Crippen MR) is 79.3 cm³/mol. The molecule has 21 heavy (non-hydrogen) atoms. The molecular formula is C14H27N3O4. The summed E-state index contributed by atoms with van der Waals surface area (Å²) in [4.78, 5) is 24.6. The zero-order chi connectivity index (χ0) is 15.9. The van der Waals surface area contributed by atoms with E-state index in [2.05, 4.69) is 15.5 Å². The zero-order valence-electron chi connectivity index (χ0n) is 13.1. The smallest absolute Gasteiger partial charge is 0.314 e. The second kappa shape index (κ2) is 8.19. The van der Waals surface area contributed by atoms with Crippen LogP contribution in [0.1, 0.15) is 32.1 Å². The van der Waals surface area contributed by atoms with Gasteiger partial charge >= 0.3 is 12.0 Å². The normalized spacial score (nSPS) is 18.5. The number of aliphatic carboxylic acids is 1. The van der Waals surface area contributed by atoms with Gasteiger partial charge in [0.1, 0.15) is 0 Å². The van der Waals surface area contributed by atoms with Crippen molar-refractivity contribution >= 4 is 12.0 Å². The second-order valence-corrected chi connectivity index (χ2v) is 5.85. The molecule has 1 fully saturated rings. The van der Waals surface area contributed by atoms with Crippen LogP contribution in [0.25, 0.3) is 0 Å². The SMILES string of the molecule is COC(CNC(=O)NCC1(N(C)C)CCCC1)CC(=O)O. The van der Waals surface area contributed by atoms with Crippen molar-refractivity contribution in [3.8, 4) is 0 Å². The Morgan fingerprint density at radius 1 is 1.29 bits per heavy atom. The molecule has 0 bridgehead atoms. The van der Waals surface area contributed by atoms with E-state index in [1.807, 2.05) is 14.1 Å². The van der Waals surface area contributed by atoms with Crippen molar-refractivity contribution in [1.29, 1.82) is 0 Å². The van der Waals surface area contributed by atoms with Crippen LogP contribution in [0.5, 0.6) is 0 Å². The van der Waals surface area contributed by atoms with Crippen LogP contribution in [0.3, 0.4) is 0 Å². The second-order valence-electron chi connectivity index (χ2n) is 5.85. The minimum absolute atomic E-state index is 0.0407. The molecule has 1 aliphatic carbocycles. The van der Waals surface area contributed by atoms with E-state index < -0.39 is 12.1 Å². The van der Waals surface area contributed by atoms with E-state index in [0.29, 0.717) is 6.54 Å². The highest BCUT2D eigenvalue weighted by atomic mass is 16.5. The quantitative estimate of drug-likeness (QED) is 0.612. The topological polar surface area (TPSA) is 90.9 Å². The van der Waals surface area contributed by atoms with Crippen molar-refractivity contribution in [3.63, 3.8) is 0 Å². The fourth-order valence-electron chi connectivity index (χ4n) is 2.76. The summed E-state index contributed by atoms with van der Waals surface area (Å²) < 4.78 is 5.02. The number of carboxylic acid groups (broad SMARTS) is 1. The van der Waals surface area contributed by atoms with Crippen molar-refractivity contribution in [2.45, 2.75) is 43.7 Å². The molecule has 0 aromatic carbocycles. The number of rotatable bonds is 8.